The molecule has 1 rings (SSSR count). The SMILES string of the molecule is CCCCCCCCCC(O)c1ccc(F)c(C)c1. The molecule has 0 aliphatic heterocycles. The van der Waals surface area contributed by atoms with Crippen molar-refractivity contribution in [2.75, 3.05) is 0 Å². The van der Waals surface area contributed by atoms with Gasteiger partial charge in [0.2, 0.25) is 0 Å². The van der Waals surface area contributed by atoms with Crippen molar-refractivity contribution >= 4 is 0 Å². The van der Waals surface area contributed by atoms with Gasteiger partial charge in [-0.25, -0.2) is 4.39 Å². The van der Waals surface area contributed by atoms with Crippen LogP contribution >= 0.6 is 0 Å². The van der Waals surface area contributed by atoms with Crippen LogP contribution in [0, 0.1) is 12.7 Å². The van der Waals surface area contributed by atoms with Crippen molar-refractivity contribution < 1.29 is 9.50 Å². The monoisotopic (exact) mass is 266 g/mol. The molecule has 1 aromatic carbocycles. The number of aliphatic hydroxyl groups is 1. The molecular weight excluding hydrogens is 239 g/mol. The van der Waals surface area contributed by atoms with Crippen molar-refractivity contribution in [3.8, 4) is 0 Å². The molecule has 0 aliphatic carbocycles. The molecule has 0 heterocycles. The van der Waals surface area contributed by atoms with Gasteiger partial charge in [0.05, 0.1) is 6.10 Å². The van der Waals surface area contributed by atoms with Gasteiger partial charge in [-0.05, 0) is 30.5 Å². The Morgan fingerprint density at radius 1 is 1.05 bits per heavy atom. The van der Waals surface area contributed by atoms with Crippen molar-refractivity contribution in [2.24, 2.45) is 0 Å². The molecular formula is C17H27FO. The van der Waals surface area contributed by atoms with Gasteiger partial charge in [0.15, 0.2) is 0 Å². The Morgan fingerprint density at radius 2 is 1.68 bits per heavy atom. The van der Waals surface area contributed by atoms with E-state index >= 15 is 0 Å². The minimum atomic E-state index is -0.449. The maximum Gasteiger partial charge on any atom is 0.126 e. The van der Waals surface area contributed by atoms with Crippen LogP contribution in [0.5, 0.6) is 0 Å². The van der Waals surface area contributed by atoms with E-state index in [1.807, 2.05) is 0 Å². The van der Waals surface area contributed by atoms with E-state index < -0.39 is 6.10 Å². The molecule has 0 fully saturated rings. The Balaban J connectivity index is 2.20. The highest BCUT2D eigenvalue weighted by Gasteiger charge is 2.08. The minimum absolute atomic E-state index is 0.202. The van der Waals surface area contributed by atoms with E-state index in [1.165, 1.54) is 44.6 Å². The second kappa shape index (κ2) is 9.08. The van der Waals surface area contributed by atoms with E-state index in [0.717, 1.165) is 18.4 Å². The zero-order chi connectivity index (χ0) is 14.1. The fraction of sp³-hybridized carbons (Fsp3) is 0.647. The topological polar surface area (TPSA) is 20.2 Å². The number of aryl methyl sites for hydroxylation is 1. The van der Waals surface area contributed by atoms with Crippen molar-refractivity contribution in [1.29, 1.82) is 0 Å². The van der Waals surface area contributed by atoms with Crippen LogP contribution in [0.25, 0.3) is 0 Å². The number of unbranched alkanes of at least 4 members (excludes halogenated alkanes) is 6. The van der Waals surface area contributed by atoms with E-state index in [1.54, 1.807) is 19.1 Å². The van der Waals surface area contributed by atoms with Gasteiger partial charge in [-0.2, -0.15) is 0 Å². The molecule has 2 heteroatoms. The average Bonchev–Trinajstić information content (AvgIpc) is 2.40. The minimum Gasteiger partial charge on any atom is -0.388 e. The molecule has 0 spiro atoms. The van der Waals surface area contributed by atoms with Crippen LogP contribution in [-0.4, -0.2) is 5.11 Å². The first-order valence-corrected chi connectivity index (χ1v) is 7.59. The largest absolute Gasteiger partial charge is 0.388 e. The van der Waals surface area contributed by atoms with Crippen molar-refractivity contribution in [2.45, 2.75) is 71.3 Å². The molecule has 1 atom stereocenters. The van der Waals surface area contributed by atoms with Gasteiger partial charge in [-0.1, -0.05) is 64.0 Å². The zero-order valence-electron chi connectivity index (χ0n) is 12.3. The maximum absolute atomic E-state index is 13.1. The van der Waals surface area contributed by atoms with Gasteiger partial charge >= 0.3 is 0 Å². The number of benzene rings is 1. The predicted octanol–water partition coefficient (Wildman–Crippen LogP) is 5.31. The lowest BCUT2D eigenvalue weighted by atomic mass is 10.0. The zero-order valence-corrected chi connectivity index (χ0v) is 12.3. The third-order valence-corrected chi connectivity index (χ3v) is 3.65. The quantitative estimate of drug-likeness (QED) is 0.601. The summed E-state index contributed by atoms with van der Waals surface area (Å²) in [6.07, 6.45) is 9.06. The number of halogens is 1. The van der Waals surface area contributed by atoms with Gasteiger partial charge in [0, 0.05) is 0 Å². The normalized spacial score (nSPS) is 12.6. The smallest absolute Gasteiger partial charge is 0.126 e. The van der Waals surface area contributed by atoms with E-state index in [2.05, 4.69) is 6.92 Å². The van der Waals surface area contributed by atoms with Crippen LogP contribution in [0.2, 0.25) is 0 Å². The molecule has 0 saturated heterocycles. The van der Waals surface area contributed by atoms with Gasteiger partial charge in [-0.3, -0.25) is 0 Å². The summed E-state index contributed by atoms with van der Waals surface area (Å²) >= 11 is 0. The lowest BCUT2D eigenvalue weighted by Gasteiger charge is -2.12. The predicted molar refractivity (Wildman–Crippen MR) is 78.7 cm³/mol. The van der Waals surface area contributed by atoms with Gasteiger partial charge < -0.3 is 5.11 Å². The van der Waals surface area contributed by atoms with Crippen LogP contribution < -0.4 is 0 Å². The maximum atomic E-state index is 13.1. The van der Waals surface area contributed by atoms with E-state index in [-0.39, 0.29) is 5.82 Å². The van der Waals surface area contributed by atoms with Gasteiger partial charge in [0.1, 0.15) is 5.82 Å². The third-order valence-electron chi connectivity index (χ3n) is 3.65. The highest BCUT2D eigenvalue weighted by molar-refractivity contribution is 5.25. The average molecular weight is 266 g/mol. The Hall–Kier alpha value is -0.890. The molecule has 19 heavy (non-hydrogen) atoms. The lowest BCUT2D eigenvalue weighted by molar-refractivity contribution is 0.163. The first kappa shape index (κ1) is 16.2. The van der Waals surface area contributed by atoms with Crippen molar-refractivity contribution in [1.82, 2.24) is 0 Å². The summed E-state index contributed by atoms with van der Waals surface area (Å²) in [5.41, 5.74) is 1.45. The number of aliphatic hydroxyl groups excluding tert-OH is 1. The van der Waals surface area contributed by atoms with Crippen molar-refractivity contribution in [3.05, 3.63) is 35.1 Å². The Morgan fingerprint density at radius 3 is 2.32 bits per heavy atom. The summed E-state index contributed by atoms with van der Waals surface area (Å²) in [4.78, 5) is 0. The molecule has 0 bridgehead atoms. The summed E-state index contributed by atoms with van der Waals surface area (Å²) in [5, 5.41) is 10.1. The number of hydrogen-bond donors (Lipinski definition) is 1. The third kappa shape index (κ3) is 6.20. The van der Waals surface area contributed by atoms with Crippen LogP contribution in [0.15, 0.2) is 18.2 Å². The van der Waals surface area contributed by atoms with E-state index in [0.29, 0.717) is 5.56 Å². The molecule has 0 amide bonds. The molecule has 1 aromatic rings. The highest BCUT2D eigenvalue weighted by atomic mass is 19.1. The van der Waals surface area contributed by atoms with Crippen LogP contribution in [0.1, 0.15) is 75.5 Å². The second-order valence-electron chi connectivity index (χ2n) is 5.43. The first-order valence-electron chi connectivity index (χ1n) is 7.59. The standard InChI is InChI=1S/C17H27FO/c1-3-4-5-6-7-8-9-10-17(19)15-11-12-16(18)14(2)13-15/h11-13,17,19H,3-10H2,1-2H3. The fourth-order valence-corrected chi connectivity index (χ4v) is 2.34. The molecule has 0 saturated carbocycles. The first-order chi connectivity index (χ1) is 9.15. The number of hydrogen-bond acceptors (Lipinski definition) is 1. The second-order valence-corrected chi connectivity index (χ2v) is 5.43. The van der Waals surface area contributed by atoms with Gasteiger partial charge in [0.25, 0.3) is 0 Å². The van der Waals surface area contributed by atoms with Crippen LogP contribution in [0.4, 0.5) is 4.39 Å². The summed E-state index contributed by atoms with van der Waals surface area (Å²) in [6.45, 7) is 3.96. The highest BCUT2D eigenvalue weighted by Crippen LogP contribution is 2.22. The molecule has 1 unspecified atom stereocenters. The molecule has 0 aromatic heterocycles. The molecule has 0 radical (unpaired) electrons. The van der Waals surface area contributed by atoms with Crippen LogP contribution in [-0.2, 0) is 0 Å². The van der Waals surface area contributed by atoms with Crippen molar-refractivity contribution in [3.63, 3.8) is 0 Å². The fourth-order valence-electron chi connectivity index (χ4n) is 2.34. The summed E-state index contributed by atoms with van der Waals surface area (Å²) in [7, 11) is 0. The summed E-state index contributed by atoms with van der Waals surface area (Å²) < 4.78 is 13.1. The van der Waals surface area contributed by atoms with Gasteiger partial charge in [-0.15, -0.1) is 0 Å². The Bertz CT molecular complexity index is 362. The number of rotatable bonds is 9. The lowest BCUT2D eigenvalue weighted by Crippen LogP contribution is -1.99. The Kier molecular flexibility index (Phi) is 7.73. The van der Waals surface area contributed by atoms with E-state index in [9.17, 15) is 9.50 Å². The summed E-state index contributed by atoms with van der Waals surface area (Å²) in [6, 6.07) is 4.88. The Labute approximate surface area is 116 Å². The summed E-state index contributed by atoms with van der Waals surface area (Å²) in [5.74, 6) is -0.202. The molecule has 1 nitrogen and oxygen atoms in total. The molecule has 1 N–H and O–H groups in total. The van der Waals surface area contributed by atoms with E-state index in [4.69, 9.17) is 0 Å². The molecule has 108 valence electrons. The van der Waals surface area contributed by atoms with Crippen LogP contribution in [0.3, 0.4) is 0 Å². The molecule has 0 aliphatic rings.